The van der Waals surface area contributed by atoms with Crippen LogP contribution in [-0.4, -0.2) is 27.0 Å². The molecule has 0 aliphatic heterocycles. The molecule has 17 heavy (non-hydrogen) atoms. The van der Waals surface area contributed by atoms with Crippen molar-refractivity contribution in [2.45, 2.75) is 13.0 Å². The van der Waals surface area contributed by atoms with Crippen LogP contribution in [0.25, 0.3) is 0 Å². The normalized spacial score (nSPS) is 12.5. The Bertz CT molecular complexity index is 522. The molecule has 0 aliphatic carbocycles. The smallest absolute Gasteiger partial charge is 0.162 e. The Morgan fingerprint density at radius 2 is 2.24 bits per heavy atom. The number of aliphatic hydroxyl groups excluding tert-OH is 1. The Hall–Kier alpha value is -1.88. The Balaban J connectivity index is 2.43. The molecule has 2 aromatic heterocycles. The fourth-order valence-corrected chi connectivity index (χ4v) is 1.79. The molecule has 2 rings (SSSR count). The van der Waals surface area contributed by atoms with Gasteiger partial charge in [-0.25, -0.2) is 0 Å². The maximum absolute atomic E-state index is 10.3. The predicted molar refractivity (Wildman–Crippen MR) is 62.8 cm³/mol. The predicted octanol–water partition coefficient (Wildman–Crippen LogP) is 1.21. The van der Waals surface area contributed by atoms with Crippen LogP contribution in [0, 0.1) is 6.92 Å². The second-order valence-corrected chi connectivity index (χ2v) is 3.85. The Labute approximate surface area is 99.7 Å². The van der Waals surface area contributed by atoms with Gasteiger partial charge in [0.2, 0.25) is 0 Å². The van der Waals surface area contributed by atoms with Gasteiger partial charge < -0.3 is 9.84 Å². The van der Waals surface area contributed by atoms with Gasteiger partial charge >= 0.3 is 0 Å². The van der Waals surface area contributed by atoms with Crippen molar-refractivity contribution in [2.75, 3.05) is 7.11 Å². The highest BCUT2D eigenvalue weighted by Gasteiger charge is 2.20. The molecule has 0 radical (unpaired) electrons. The third kappa shape index (κ3) is 2.14. The van der Waals surface area contributed by atoms with E-state index in [1.54, 1.807) is 37.3 Å². The monoisotopic (exact) mass is 233 g/mol. The second-order valence-electron chi connectivity index (χ2n) is 3.85. The molecule has 0 bridgehead atoms. The van der Waals surface area contributed by atoms with E-state index in [1.807, 2.05) is 13.0 Å². The zero-order chi connectivity index (χ0) is 12.4. The van der Waals surface area contributed by atoms with Gasteiger partial charge in [-0.2, -0.15) is 5.10 Å². The van der Waals surface area contributed by atoms with E-state index in [1.165, 1.54) is 0 Å². The zero-order valence-electron chi connectivity index (χ0n) is 10.1. The van der Waals surface area contributed by atoms with Crippen molar-refractivity contribution >= 4 is 0 Å². The van der Waals surface area contributed by atoms with Gasteiger partial charge in [0.05, 0.1) is 13.3 Å². The van der Waals surface area contributed by atoms with Crippen molar-refractivity contribution in [2.24, 2.45) is 7.05 Å². The molecule has 1 atom stereocenters. The van der Waals surface area contributed by atoms with Gasteiger partial charge in [-0.3, -0.25) is 9.67 Å². The third-order valence-corrected chi connectivity index (χ3v) is 2.66. The molecule has 0 spiro atoms. The van der Waals surface area contributed by atoms with Gasteiger partial charge in [0.25, 0.3) is 0 Å². The molecule has 2 heterocycles. The van der Waals surface area contributed by atoms with Gasteiger partial charge in [-0.15, -0.1) is 0 Å². The van der Waals surface area contributed by atoms with Crippen LogP contribution in [0.5, 0.6) is 5.75 Å². The summed E-state index contributed by atoms with van der Waals surface area (Å²) in [7, 11) is 3.33. The molecule has 1 N–H and O–H groups in total. The van der Waals surface area contributed by atoms with Crippen molar-refractivity contribution in [3.63, 3.8) is 0 Å². The summed E-state index contributed by atoms with van der Waals surface area (Å²) < 4.78 is 6.79. The summed E-state index contributed by atoms with van der Waals surface area (Å²) in [5, 5.41) is 14.4. The topological polar surface area (TPSA) is 60.2 Å². The molecule has 2 aromatic rings. The van der Waals surface area contributed by atoms with Gasteiger partial charge in [0, 0.05) is 18.9 Å². The summed E-state index contributed by atoms with van der Waals surface area (Å²) >= 11 is 0. The minimum absolute atomic E-state index is 0.578. The average Bonchev–Trinajstić information content (AvgIpc) is 2.69. The SMILES string of the molecule is COc1cnn(C)c1C(O)c1ccnc(C)c1. The number of aryl methyl sites for hydroxylation is 2. The fourth-order valence-electron chi connectivity index (χ4n) is 1.79. The Kier molecular flexibility index (Phi) is 3.10. The molecule has 0 aliphatic rings. The first-order valence-corrected chi connectivity index (χ1v) is 5.30. The number of hydrogen-bond donors (Lipinski definition) is 1. The molecular weight excluding hydrogens is 218 g/mol. The van der Waals surface area contributed by atoms with E-state index in [0.29, 0.717) is 11.4 Å². The highest BCUT2D eigenvalue weighted by molar-refractivity contribution is 5.34. The molecule has 1 unspecified atom stereocenters. The second kappa shape index (κ2) is 4.55. The summed E-state index contributed by atoms with van der Waals surface area (Å²) in [4.78, 5) is 4.10. The first-order valence-electron chi connectivity index (χ1n) is 5.30. The van der Waals surface area contributed by atoms with Crippen LogP contribution in [0.15, 0.2) is 24.5 Å². The lowest BCUT2D eigenvalue weighted by molar-refractivity contribution is 0.204. The van der Waals surface area contributed by atoms with E-state index >= 15 is 0 Å². The molecule has 0 aromatic carbocycles. The third-order valence-electron chi connectivity index (χ3n) is 2.66. The van der Waals surface area contributed by atoms with E-state index in [0.717, 1.165) is 11.3 Å². The van der Waals surface area contributed by atoms with E-state index < -0.39 is 6.10 Å². The van der Waals surface area contributed by atoms with Crippen LogP contribution in [0.3, 0.4) is 0 Å². The first kappa shape index (κ1) is 11.6. The summed E-state index contributed by atoms with van der Waals surface area (Å²) in [6.45, 7) is 1.89. The number of ether oxygens (including phenoxy) is 1. The summed E-state index contributed by atoms with van der Waals surface area (Å²) in [5.41, 5.74) is 2.28. The van der Waals surface area contributed by atoms with Crippen LogP contribution in [0.1, 0.15) is 23.1 Å². The number of methoxy groups -OCH3 is 1. The molecular formula is C12H15N3O2. The van der Waals surface area contributed by atoms with Crippen LogP contribution in [-0.2, 0) is 7.05 Å². The number of aromatic nitrogens is 3. The average molecular weight is 233 g/mol. The zero-order valence-corrected chi connectivity index (χ0v) is 10.1. The molecule has 0 fully saturated rings. The van der Waals surface area contributed by atoms with E-state index in [-0.39, 0.29) is 0 Å². The van der Waals surface area contributed by atoms with Gasteiger partial charge in [-0.05, 0) is 24.6 Å². The molecule has 0 saturated carbocycles. The van der Waals surface area contributed by atoms with Crippen LogP contribution in [0.4, 0.5) is 0 Å². The summed E-state index contributed by atoms with van der Waals surface area (Å²) in [5.74, 6) is 0.578. The highest BCUT2D eigenvalue weighted by atomic mass is 16.5. The van der Waals surface area contributed by atoms with Crippen molar-refractivity contribution < 1.29 is 9.84 Å². The van der Waals surface area contributed by atoms with Gasteiger partial charge in [0.15, 0.2) is 5.75 Å². The number of aliphatic hydroxyl groups is 1. The number of nitrogens with zero attached hydrogens (tertiary/aromatic N) is 3. The van der Waals surface area contributed by atoms with Crippen molar-refractivity contribution in [1.82, 2.24) is 14.8 Å². The highest BCUT2D eigenvalue weighted by Crippen LogP contribution is 2.29. The maximum Gasteiger partial charge on any atom is 0.162 e. The summed E-state index contributed by atoms with van der Waals surface area (Å²) in [6, 6.07) is 3.63. The standard InChI is InChI=1S/C12H15N3O2/c1-8-6-9(4-5-13-8)12(16)11-10(17-3)7-14-15(11)2/h4-7,12,16H,1-3H3. The molecule has 5 heteroatoms. The number of rotatable bonds is 3. The minimum atomic E-state index is -0.765. The molecule has 5 nitrogen and oxygen atoms in total. The van der Waals surface area contributed by atoms with E-state index in [9.17, 15) is 5.11 Å². The lowest BCUT2D eigenvalue weighted by Gasteiger charge is -2.13. The van der Waals surface area contributed by atoms with Gasteiger partial charge in [0.1, 0.15) is 11.8 Å². The Morgan fingerprint density at radius 1 is 1.47 bits per heavy atom. The minimum Gasteiger partial charge on any atom is -0.493 e. The fraction of sp³-hybridized carbons (Fsp3) is 0.333. The quantitative estimate of drug-likeness (QED) is 0.865. The first-order chi connectivity index (χ1) is 8.13. The lowest BCUT2D eigenvalue weighted by atomic mass is 10.1. The Morgan fingerprint density at radius 3 is 2.88 bits per heavy atom. The number of hydrogen-bond acceptors (Lipinski definition) is 4. The van der Waals surface area contributed by atoms with Crippen molar-refractivity contribution in [3.8, 4) is 5.75 Å². The maximum atomic E-state index is 10.3. The molecule has 0 amide bonds. The van der Waals surface area contributed by atoms with Crippen LogP contribution in [0.2, 0.25) is 0 Å². The van der Waals surface area contributed by atoms with Crippen LogP contribution < -0.4 is 4.74 Å². The summed E-state index contributed by atoms with van der Waals surface area (Å²) in [6.07, 6.45) is 2.50. The van der Waals surface area contributed by atoms with E-state index in [4.69, 9.17) is 4.74 Å². The van der Waals surface area contributed by atoms with Crippen molar-refractivity contribution in [3.05, 3.63) is 41.5 Å². The largest absolute Gasteiger partial charge is 0.493 e. The molecule has 90 valence electrons. The van der Waals surface area contributed by atoms with Crippen molar-refractivity contribution in [1.29, 1.82) is 0 Å². The van der Waals surface area contributed by atoms with E-state index in [2.05, 4.69) is 10.1 Å². The van der Waals surface area contributed by atoms with Crippen LogP contribution >= 0.6 is 0 Å². The lowest BCUT2D eigenvalue weighted by Crippen LogP contribution is -2.08. The van der Waals surface area contributed by atoms with Gasteiger partial charge in [-0.1, -0.05) is 0 Å². The number of pyridine rings is 1. The molecule has 0 saturated heterocycles.